The Kier molecular flexibility index (Phi) is 8.22. The van der Waals surface area contributed by atoms with Gasteiger partial charge in [-0.15, -0.1) is 12.4 Å². The maximum absolute atomic E-state index is 12.6. The number of carbonyl (C=O) groups excluding carboxylic acids is 2. The van der Waals surface area contributed by atoms with Gasteiger partial charge in [-0.1, -0.05) is 0 Å². The van der Waals surface area contributed by atoms with Crippen LogP contribution in [0.1, 0.15) is 40.0 Å². The van der Waals surface area contributed by atoms with Crippen LogP contribution in [0, 0.1) is 5.92 Å². The van der Waals surface area contributed by atoms with Gasteiger partial charge < -0.3 is 15.1 Å². The number of likely N-dealkylation sites (tertiary alicyclic amines) is 1. The highest BCUT2D eigenvalue weighted by atomic mass is 35.5. The average molecular weight is 354 g/mol. The molecule has 1 aromatic carbocycles. The lowest BCUT2D eigenvalue weighted by atomic mass is 9.93. The van der Waals surface area contributed by atoms with Gasteiger partial charge >= 0.3 is 0 Å². The van der Waals surface area contributed by atoms with Crippen LogP contribution >= 0.6 is 12.4 Å². The quantitative estimate of drug-likeness (QED) is 0.883. The third kappa shape index (κ3) is 5.21. The molecule has 24 heavy (non-hydrogen) atoms. The number of hydrogen-bond donors (Lipinski definition) is 1. The van der Waals surface area contributed by atoms with Crippen LogP contribution in [0.3, 0.4) is 0 Å². The minimum Gasteiger partial charge on any atom is -0.345 e. The molecule has 2 amide bonds. The van der Waals surface area contributed by atoms with Gasteiger partial charge in [-0.3, -0.25) is 9.59 Å². The molecule has 0 unspecified atom stereocenters. The first kappa shape index (κ1) is 20.5. The minimum atomic E-state index is -0.0469. The zero-order valence-corrected chi connectivity index (χ0v) is 15.6. The first-order valence-corrected chi connectivity index (χ1v) is 8.28. The molecule has 5 nitrogen and oxygen atoms in total. The molecule has 134 valence electrons. The fourth-order valence-corrected chi connectivity index (χ4v) is 2.97. The normalized spacial score (nSPS) is 14.9. The molecule has 1 heterocycles. The van der Waals surface area contributed by atoms with Crippen LogP contribution in [0.15, 0.2) is 24.3 Å². The van der Waals surface area contributed by atoms with Crippen molar-refractivity contribution in [3.8, 4) is 0 Å². The predicted molar refractivity (Wildman–Crippen MR) is 98.9 cm³/mol. The molecular weight excluding hydrogens is 326 g/mol. The third-order valence-electron chi connectivity index (χ3n) is 4.49. The smallest absolute Gasteiger partial charge is 0.253 e. The Labute approximate surface area is 150 Å². The fraction of sp³-hybridized carbons (Fsp3) is 0.556. The van der Waals surface area contributed by atoms with Gasteiger partial charge in [0.2, 0.25) is 0 Å². The molecule has 0 radical (unpaired) electrons. The second-order valence-corrected chi connectivity index (χ2v) is 6.40. The van der Waals surface area contributed by atoms with Crippen molar-refractivity contribution in [2.45, 2.75) is 19.3 Å². The van der Waals surface area contributed by atoms with E-state index in [1.54, 1.807) is 38.4 Å². The molecule has 0 aromatic heterocycles. The molecular formula is C18H28ClN3O2. The molecule has 0 aliphatic carbocycles. The highest BCUT2D eigenvalue weighted by Gasteiger charge is 2.23. The van der Waals surface area contributed by atoms with Crippen molar-refractivity contribution in [2.24, 2.45) is 5.92 Å². The summed E-state index contributed by atoms with van der Waals surface area (Å²) in [6.45, 7) is 2.69. The van der Waals surface area contributed by atoms with Crippen LogP contribution in [0.2, 0.25) is 0 Å². The summed E-state index contributed by atoms with van der Waals surface area (Å²) in [5.74, 6) is 0.738. The molecule has 6 heteroatoms. The maximum Gasteiger partial charge on any atom is 0.253 e. The molecule has 1 aliphatic rings. The number of nitrogens with one attached hydrogen (secondary N) is 1. The van der Waals surface area contributed by atoms with Crippen molar-refractivity contribution in [1.82, 2.24) is 15.1 Å². The summed E-state index contributed by atoms with van der Waals surface area (Å²) in [7, 11) is 5.42. The molecule has 1 aliphatic heterocycles. The van der Waals surface area contributed by atoms with Gasteiger partial charge in [0, 0.05) is 38.3 Å². The summed E-state index contributed by atoms with van der Waals surface area (Å²) >= 11 is 0. The second kappa shape index (κ2) is 9.64. The topological polar surface area (TPSA) is 52.7 Å². The van der Waals surface area contributed by atoms with Crippen LogP contribution in [0.5, 0.6) is 0 Å². The van der Waals surface area contributed by atoms with Gasteiger partial charge in [0.25, 0.3) is 11.8 Å². The summed E-state index contributed by atoms with van der Waals surface area (Å²) in [5.41, 5.74) is 1.27. The van der Waals surface area contributed by atoms with E-state index in [4.69, 9.17) is 0 Å². The molecule has 0 spiro atoms. The Morgan fingerprint density at radius 2 is 1.67 bits per heavy atom. The van der Waals surface area contributed by atoms with Crippen molar-refractivity contribution < 1.29 is 9.59 Å². The number of piperidine rings is 1. The maximum atomic E-state index is 12.6. The number of benzene rings is 1. The van der Waals surface area contributed by atoms with Crippen LogP contribution in [0.25, 0.3) is 0 Å². The number of nitrogens with zero attached hydrogens (tertiary/aromatic N) is 2. The molecule has 1 N–H and O–H groups in total. The molecule has 0 saturated carbocycles. The average Bonchev–Trinajstić information content (AvgIpc) is 2.59. The summed E-state index contributed by atoms with van der Waals surface area (Å²) in [5, 5.41) is 3.19. The summed E-state index contributed by atoms with van der Waals surface area (Å²) in [6, 6.07) is 6.97. The van der Waals surface area contributed by atoms with E-state index in [0.717, 1.165) is 32.5 Å². The van der Waals surface area contributed by atoms with E-state index < -0.39 is 0 Å². The Bertz CT molecular complexity index is 538. The highest BCUT2D eigenvalue weighted by Crippen LogP contribution is 2.21. The van der Waals surface area contributed by atoms with Gasteiger partial charge in [0.05, 0.1) is 0 Å². The largest absolute Gasteiger partial charge is 0.345 e. The van der Waals surface area contributed by atoms with Gasteiger partial charge in [-0.2, -0.15) is 0 Å². The lowest BCUT2D eigenvalue weighted by Gasteiger charge is -2.32. The summed E-state index contributed by atoms with van der Waals surface area (Å²) < 4.78 is 0. The molecule has 1 fully saturated rings. The Balaban J connectivity index is 0.00000288. The van der Waals surface area contributed by atoms with E-state index in [1.807, 2.05) is 11.9 Å². The lowest BCUT2D eigenvalue weighted by molar-refractivity contribution is 0.0686. The Morgan fingerprint density at radius 3 is 2.17 bits per heavy atom. The van der Waals surface area contributed by atoms with Crippen molar-refractivity contribution in [2.75, 3.05) is 40.8 Å². The van der Waals surface area contributed by atoms with Crippen LogP contribution in [-0.4, -0.2) is 62.4 Å². The standard InChI is InChI=1S/C18H27N3O2.ClH/c1-19-11-8-14-9-12-21(13-10-14)18(23)16-6-4-15(5-7-16)17(22)20(2)3;/h4-7,14,19H,8-13H2,1-3H3;1H. The Morgan fingerprint density at radius 1 is 1.12 bits per heavy atom. The molecule has 0 atom stereocenters. The summed E-state index contributed by atoms with van der Waals surface area (Å²) in [4.78, 5) is 27.9. The number of carbonyl (C=O) groups is 2. The van der Waals surface area contributed by atoms with E-state index in [2.05, 4.69) is 5.32 Å². The van der Waals surface area contributed by atoms with Crippen LogP contribution in [-0.2, 0) is 0 Å². The van der Waals surface area contributed by atoms with Crippen molar-refractivity contribution >= 4 is 24.2 Å². The Hall–Kier alpha value is -1.59. The molecule has 1 aromatic rings. The monoisotopic (exact) mass is 353 g/mol. The van der Waals surface area contributed by atoms with Crippen molar-refractivity contribution in [1.29, 1.82) is 0 Å². The first-order valence-electron chi connectivity index (χ1n) is 8.28. The van der Waals surface area contributed by atoms with Gasteiger partial charge in [0.15, 0.2) is 0 Å². The summed E-state index contributed by atoms with van der Waals surface area (Å²) in [6.07, 6.45) is 3.33. The highest BCUT2D eigenvalue weighted by molar-refractivity contribution is 5.97. The van der Waals surface area contributed by atoms with E-state index in [0.29, 0.717) is 17.0 Å². The third-order valence-corrected chi connectivity index (χ3v) is 4.49. The predicted octanol–water partition coefficient (Wildman–Crippen LogP) is 2.27. The SMILES string of the molecule is CNCCC1CCN(C(=O)c2ccc(C(=O)N(C)C)cc2)CC1.Cl. The van der Waals surface area contributed by atoms with E-state index in [1.165, 1.54) is 11.3 Å². The van der Waals surface area contributed by atoms with Gasteiger partial charge in [0.1, 0.15) is 0 Å². The second-order valence-electron chi connectivity index (χ2n) is 6.40. The fourth-order valence-electron chi connectivity index (χ4n) is 2.97. The molecule has 1 saturated heterocycles. The number of halogens is 1. The minimum absolute atomic E-state index is 0. The lowest BCUT2D eigenvalue weighted by Crippen LogP contribution is -2.39. The van der Waals surface area contributed by atoms with Crippen molar-refractivity contribution in [3.63, 3.8) is 0 Å². The number of hydrogen-bond acceptors (Lipinski definition) is 3. The van der Waals surface area contributed by atoms with Gasteiger partial charge in [-0.05, 0) is 63.0 Å². The zero-order chi connectivity index (χ0) is 16.8. The zero-order valence-electron chi connectivity index (χ0n) is 14.7. The molecule has 2 rings (SSSR count). The van der Waals surface area contributed by atoms with E-state index >= 15 is 0 Å². The van der Waals surface area contributed by atoms with Crippen molar-refractivity contribution in [3.05, 3.63) is 35.4 Å². The number of amides is 2. The van der Waals surface area contributed by atoms with E-state index in [9.17, 15) is 9.59 Å². The van der Waals surface area contributed by atoms with Gasteiger partial charge in [-0.25, -0.2) is 0 Å². The van der Waals surface area contributed by atoms with Crippen LogP contribution < -0.4 is 5.32 Å². The molecule has 0 bridgehead atoms. The van der Waals surface area contributed by atoms with E-state index in [-0.39, 0.29) is 24.2 Å². The first-order chi connectivity index (χ1) is 11.0. The van der Waals surface area contributed by atoms with Crippen LogP contribution in [0.4, 0.5) is 0 Å². The number of rotatable bonds is 5.